The van der Waals surface area contributed by atoms with Gasteiger partial charge in [-0.3, -0.25) is 19.7 Å². The number of aromatic nitrogens is 1. The molecule has 0 fully saturated rings. The quantitative estimate of drug-likeness (QED) is 0.496. The van der Waals surface area contributed by atoms with Crippen LogP contribution in [0.1, 0.15) is 40.2 Å². The Morgan fingerprint density at radius 1 is 1.29 bits per heavy atom. The minimum Gasteiger partial charge on any atom is -0.388 e. The average Bonchev–Trinajstić information content (AvgIpc) is 2.52. The van der Waals surface area contributed by atoms with Gasteiger partial charge in [0.25, 0.3) is 11.2 Å². The van der Waals surface area contributed by atoms with Crippen LogP contribution in [0.25, 0.3) is 0 Å². The number of nitro benzene ring substituents is 1. The Morgan fingerprint density at radius 3 is 2.54 bits per heavy atom. The van der Waals surface area contributed by atoms with E-state index in [-0.39, 0.29) is 16.8 Å². The number of hydrogen-bond acceptors (Lipinski definition) is 5. The number of hydrogen-bond donors (Lipinski definition) is 2. The van der Waals surface area contributed by atoms with Crippen LogP contribution < -0.4 is 5.56 Å². The molecule has 0 saturated carbocycles. The van der Waals surface area contributed by atoms with E-state index in [0.717, 1.165) is 0 Å². The first-order valence-corrected chi connectivity index (χ1v) is 7.39. The molecule has 7 nitrogen and oxygen atoms in total. The lowest BCUT2D eigenvalue weighted by Crippen LogP contribution is -2.27. The largest absolute Gasteiger partial charge is 0.388 e. The second-order valence-corrected chi connectivity index (χ2v) is 5.79. The van der Waals surface area contributed by atoms with E-state index in [2.05, 4.69) is 4.98 Å². The van der Waals surface area contributed by atoms with E-state index in [1.54, 1.807) is 19.9 Å². The van der Waals surface area contributed by atoms with Gasteiger partial charge in [0.2, 0.25) is 0 Å². The van der Waals surface area contributed by atoms with Crippen molar-refractivity contribution in [2.24, 2.45) is 5.92 Å². The van der Waals surface area contributed by atoms with E-state index in [9.17, 15) is 24.8 Å². The summed E-state index contributed by atoms with van der Waals surface area (Å²) in [4.78, 5) is 37.5. The number of nitro groups is 1. The van der Waals surface area contributed by atoms with Crippen LogP contribution in [-0.2, 0) is 0 Å². The number of Topliss-reactive ketones (excluding diaryl/α,β-unsaturated/α-hetero) is 1. The monoisotopic (exact) mass is 330 g/mol. The molecular weight excluding hydrogens is 312 g/mol. The minimum atomic E-state index is -1.25. The zero-order chi connectivity index (χ0) is 18.0. The SMILES string of the molecule is Cc1cc(C)c(C(=O)C(C)C(O)c2cccc([N+](=O)[O-])c2)c(=O)[nH]1. The summed E-state index contributed by atoms with van der Waals surface area (Å²) in [5.41, 5.74) is 0.746. The molecule has 126 valence electrons. The summed E-state index contributed by atoms with van der Waals surface area (Å²) in [6.45, 7) is 4.86. The Morgan fingerprint density at radius 2 is 1.96 bits per heavy atom. The predicted molar refractivity (Wildman–Crippen MR) is 88.1 cm³/mol. The van der Waals surface area contributed by atoms with Gasteiger partial charge in [-0.25, -0.2) is 0 Å². The van der Waals surface area contributed by atoms with Crippen LogP contribution in [-0.4, -0.2) is 20.8 Å². The summed E-state index contributed by atoms with van der Waals surface area (Å²) in [6, 6.07) is 7.16. The highest BCUT2D eigenvalue weighted by Gasteiger charge is 2.28. The fourth-order valence-corrected chi connectivity index (χ4v) is 2.64. The van der Waals surface area contributed by atoms with Crippen LogP contribution in [0.3, 0.4) is 0 Å². The van der Waals surface area contributed by atoms with E-state index in [4.69, 9.17) is 0 Å². The molecule has 1 aromatic heterocycles. The molecule has 2 N–H and O–H groups in total. The maximum Gasteiger partial charge on any atom is 0.269 e. The molecule has 1 heterocycles. The van der Waals surface area contributed by atoms with E-state index in [1.165, 1.54) is 31.2 Å². The number of rotatable bonds is 5. The van der Waals surface area contributed by atoms with Crippen LogP contribution in [0, 0.1) is 29.9 Å². The van der Waals surface area contributed by atoms with Gasteiger partial charge in [-0.15, -0.1) is 0 Å². The topological polar surface area (TPSA) is 113 Å². The van der Waals surface area contributed by atoms with Gasteiger partial charge in [-0.2, -0.15) is 0 Å². The standard InChI is InChI=1S/C17H18N2O5/c1-9-7-10(2)18-17(22)14(9)16(21)11(3)15(20)12-5-4-6-13(8-12)19(23)24/h4-8,11,15,20H,1-3H3,(H,18,22). The second-order valence-electron chi connectivity index (χ2n) is 5.79. The van der Waals surface area contributed by atoms with Crippen molar-refractivity contribution < 1.29 is 14.8 Å². The number of pyridine rings is 1. The van der Waals surface area contributed by atoms with Gasteiger partial charge in [0, 0.05) is 23.7 Å². The number of aliphatic hydroxyl groups excluding tert-OH is 1. The number of benzene rings is 1. The average molecular weight is 330 g/mol. The van der Waals surface area contributed by atoms with Gasteiger partial charge in [0.15, 0.2) is 5.78 Å². The Hall–Kier alpha value is -2.80. The normalized spacial score (nSPS) is 13.3. The number of aliphatic hydroxyl groups is 1. The maximum absolute atomic E-state index is 12.6. The number of non-ortho nitro benzene ring substituents is 1. The lowest BCUT2D eigenvalue weighted by Gasteiger charge is -2.18. The zero-order valence-electron chi connectivity index (χ0n) is 13.6. The minimum absolute atomic E-state index is 0.00224. The van der Waals surface area contributed by atoms with Crippen molar-refractivity contribution in [2.75, 3.05) is 0 Å². The van der Waals surface area contributed by atoms with Gasteiger partial charge in [0.05, 0.1) is 16.6 Å². The molecule has 0 saturated heterocycles. The van der Waals surface area contributed by atoms with Crippen molar-refractivity contribution in [2.45, 2.75) is 26.9 Å². The smallest absolute Gasteiger partial charge is 0.269 e. The number of ketones is 1. The van der Waals surface area contributed by atoms with E-state index < -0.39 is 28.3 Å². The number of carbonyl (C=O) groups excluding carboxylic acids is 1. The molecule has 0 aliphatic heterocycles. The van der Waals surface area contributed by atoms with Crippen molar-refractivity contribution in [3.63, 3.8) is 0 Å². The predicted octanol–water partition coefficient (Wildman–Crippen LogP) is 2.45. The van der Waals surface area contributed by atoms with Gasteiger partial charge < -0.3 is 10.1 Å². The van der Waals surface area contributed by atoms with Crippen LogP contribution in [0.4, 0.5) is 5.69 Å². The van der Waals surface area contributed by atoms with E-state index >= 15 is 0 Å². The third-order valence-corrected chi connectivity index (χ3v) is 3.92. The van der Waals surface area contributed by atoms with Crippen molar-refractivity contribution in [1.82, 2.24) is 4.98 Å². The number of aromatic amines is 1. The van der Waals surface area contributed by atoms with Crippen molar-refractivity contribution in [3.8, 4) is 0 Å². The number of carbonyl (C=O) groups is 1. The maximum atomic E-state index is 12.6. The van der Waals surface area contributed by atoms with Crippen molar-refractivity contribution in [3.05, 3.63) is 73.2 Å². The van der Waals surface area contributed by atoms with E-state index in [0.29, 0.717) is 11.3 Å². The van der Waals surface area contributed by atoms with Crippen molar-refractivity contribution >= 4 is 11.5 Å². The Kier molecular flexibility index (Phi) is 4.94. The summed E-state index contributed by atoms with van der Waals surface area (Å²) in [7, 11) is 0. The highest BCUT2D eigenvalue weighted by atomic mass is 16.6. The molecule has 0 aliphatic rings. The molecule has 0 spiro atoms. The summed E-state index contributed by atoms with van der Waals surface area (Å²) in [5.74, 6) is -1.43. The number of H-pyrrole nitrogens is 1. The number of nitrogens with one attached hydrogen (secondary N) is 1. The Labute approximate surface area is 138 Å². The lowest BCUT2D eigenvalue weighted by atomic mass is 9.89. The van der Waals surface area contributed by atoms with Crippen LogP contribution >= 0.6 is 0 Å². The Balaban J connectivity index is 2.36. The van der Waals surface area contributed by atoms with Crippen LogP contribution in [0.5, 0.6) is 0 Å². The van der Waals surface area contributed by atoms with Gasteiger partial charge in [-0.05, 0) is 31.0 Å². The van der Waals surface area contributed by atoms with E-state index in [1.807, 2.05) is 0 Å². The molecule has 0 aliphatic carbocycles. The van der Waals surface area contributed by atoms with Gasteiger partial charge >= 0.3 is 0 Å². The fourth-order valence-electron chi connectivity index (χ4n) is 2.64. The summed E-state index contributed by atoms with van der Waals surface area (Å²) >= 11 is 0. The van der Waals surface area contributed by atoms with Gasteiger partial charge in [-0.1, -0.05) is 19.1 Å². The molecular formula is C17H18N2O5. The van der Waals surface area contributed by atoms with Crippen molar-refractivity contribution in [1.29, 1.82) is 0 Å². The molecule has 2 unspecified atom stereocenters. The first-order chi connectivity index (χ1) is 11.2. The lowest BCUT2D eigenvalue weighted by molar-refractivity contribution is -0.385. The number of nitrogens with zero attached hydrogens (tertiary/aromatic N) is 1. The van der Waals surface area contributed by atoms with Crippen LogP contribution in [0.15, 0.2) is 35.1 Å². The third kappa shape index (κ3) is 3.41. The molecule has 24 heavy (non-hydrogen) atoms. The fraction of sp³-hybridized carbons (Fsp3) is 0.294. The molecule has 2 aromatic rings. The molecule has 0 bridgehead atoms. The number of aryl methyl sites for hydroxylation is 2. The highest BCUT2D eigenvalue weighted by molar-refractivity contribution is 5.99. The zero-order valence-corrected chi connectivity index (χ0v) is 13.6. The summed E-state index contributed by atoms with van der Waals surface area (Å²) in [6.07, 6.45) is -1.25. The molecule has 0 amide bonds. The Bertz CT molecular complexity index is 856. The second kappa shape index (κ2) is 6.76. The summed E-state index contributed by atoms with van der Waals surface area (Å²) in [5, 5.41) is 21.2. The first kappa shape index (κ1) is 17.6. The molecule has 2 rings (SSSR count). The van der Waals surface area contributed by atoms with Crippen LogP contribution in [0.2, 0.25) is 0 Å². The molecule has 0 radical (unpaired) electrons. The molecule has 1 aromatic carbocycles. The third-order valence-electron chi connectivity index (χ3n) is 3.92. The highest BCUT2D eigenvalue weighted by Crippen LogP contribution is 2.27. The molecule has 2 atom stereocenters. The molecule has 7 heteroatoms. The summed E-state index contributed by atoms with van der Waals surface area (Å²) < 4.78 is 0. The first-order valence-electron chi connectivity index (χ1n) is 7.39. The van der Waals surface area contributed by atoms with Gasteiger partial charge in [0.1, 0.15) is 0 Å².